The van der Waals surface area contributed by atoms with Crippen LogP contribution in [-0.2, 0) is 16.0 Å². The first-order valence-corrected chi connectivity index (χ1v) is 8.81. The third kappa shape index (κ3) is 3.92. The maximum Gasteiger partial charge on any atom is 0.227 e. The minimum absolute atomic E-state index is 0.0785. The van der Waals surface area contributed by atoms with E-state index in [2.05, 4.69) is 5.32 Å². The third-order valence-corrected chi connectivity index (χ3v) is 5.05. The molecule has 1 aliphatic heterocycles. The van der Waals surface area contributed by atoms with Gasteiger partial charge in [-0.25, -0.2) is 0 Å². The smallest absolute Gasteiger partial charge is 0.227 e. The van der Waals surface area contributed by atoms with E-state index in [0.29, 0.717) is 36.5 Å². The van der Waals surface area contributed by atoms with E-state index >= 15 is 0 Å². The van der Waals surface area contributed by atoms with Crippen molar-refractivity contribution in [3.8, 4) is 0 Å². The van der Waals surface area contributed by atoms with Gasteiger partial charge in [0.15, 0.2) is 0 Å². The summed E-state index contributed by atoms with van der Waals surface area (Å²) in [6, 6.07) is 9.30. The molecule has 1 N–H and O–H groups in total. The zero-order valence-corrected chi connectivity index (χ0v) is 14.1. The van der Waals surface area contributed by atoms with Crippen molar-refractivity contribution in [2.24, 2.45) is 0 Å². The molecule has 0 saturated carbocycles. The maximum atomic E-state index is 12.1. The highest BCUT2D eigenvalue weighted by atomic mass is 35.5. The predicted molar refractivity (Wildman–Crippen MR) is 94.3 cm³/mol. The molecule has 23 heavy (non-hydrogen) atoms. The molecule has 1 aliphatic rings. The fraction of sp³-hybridized carbons (Fsp3) is 0.294. The van der Waals surface area contributed by atoms with Crippen LogP contribution < -0.4 is 10.2 Å². The van der Waals surface area contributed by atoms with Gasteiger partial charge in [-0.3, -0.25) is 9.59 Å². The number of aryl methyl sites for hydroxylation is 1. The van der Waals surface area contributed by atoms with Gasteiger partial charge in [0.05, 0.1) is 10.7 Å². The largest absolute Gasteiger partial charge is 0.325 e. The lowest BCUT2D eigenvalue weighted by Crippen LogP contribution is -2.23. The molecule has 1 fully saturated rings. The van der Waals surface area contributed by atoms with Crippen molar-refractivity contribution < 1.29 is 9.59 Å². The van der Waals surface area contributed by atoms with E-state index in [1.807, 2.05) is 23.6 Å². The Morgan fingerprint density at radius 1 is 1.35 bits per heavy atom. The summed E-state index contributed by atoms with van der Waals surface area (Å²) in [6.45, 7) is 0.715. The molecular formula is C17H17ClN2O2S. The van der Waals surface area contributed by atoms with E-state index in [1.54, 1.807) is 28.4 Å². The number of amides is 2. The van der Waals surface area contributed by atoms with Crippen LogP contribution in [0.3, 0.4) is 0 Å². The van der Waals surface area contributed by atoms with Gasteiger partial charge in [-0.15, -0.1) is 11.3 Å². The van der Waals surface area contributed by atoms with E-state index in [0.717, 1.165) is 12.1 Å². The number of thiophene rings is 1. The lowest BCUT2D eigenvalue weighted by atomic mass is 10.2. The minimum atomic E-state index is -0.0785. The number of nitrogens with zero attached hydrogens (tertiary/aromatic N) is 1. The van der Waals surface area contributed by atoms with Crippen LogP contribution in [0.25, 0.3) is 0 Å². The molecule has 1 saturated heterocycles. The van der Waals surface area contributed by atoms with Crippen LogP contribution in [0, 0.1) is 0 Å². The van der Waals surface area contributed by atoms with E-state index in [-0.39, 0.29) is 11.8 Å². The molecule has 2 amide bonds. The molecule has 6 heteroatoms. The number of halogens is 1. The van der Waals surface area contributed by atoms with Gasteiger partial charge in [0.2, 0.25) is 11.8 Å². The molecular weight excluding hydrogens is 332 g/mol. The van der Waals surface area contributed by atoms with E-state index in [1.165, 1.54) is 4.88 Å². The Hall–Kier alpha value is -1.85. The molecule has 4 nitrogen and oxygen atoms in total. The molecule has 2 heterocycles. The van der Waals surface area contributed by atoms with Crippen molar-refractivity contribution in [1.82, 2.24) is 0 Å². The Kier molecular flexibility index (Phi) is 4.98. The number of benzene rings is 1. The van der Waals surface area contributed by atoms with Crippen molar-refractivity contribution in [2.75, 3.05) is 16.8 Å². The number of hydrogen-bond donors (Lipinski definition) is 1. The lowest BCUT2D eigenvalue weighted by molar-refractivity contribution is -0.117. The van der Waals surface area contributed by atoms with Crippen LogP contribution in [0.1, 0.15) is 24.1 Å². The zero-order valence-electron chi connectivity index (χ0n) is 12.5. The second-order valence-electron chi connectivity index (χ2n) is 5.44. The first-order chi connectivity index (χ1) is 11.1. The Balaban J connectivity index is 1.66. The maximum absolute atomic E-state index is 12.1. The third-order valence-electron chi connectivity index (χ3n) is 3.79. The molecule has 0 unspecified atom stereocenters. The average molecular weight is 349 g/mol. The highest BCUT2D eigenvalue weighted by molar-refractivity contribution is 7.09. The summed E-state index contributed by atoms with van der Waals surface area (Å²) in [5.41, 5.74) is 1.34. The topological polar surface area (TPSA) is 49.4 Å². The molecule has 0 aliphatic carbocycles. The molecule has 0 radical (unpaired) electrons. The van der Waals surface area contributed by atoms with Crippen molar-refractivity contribution in [2.45, 2.75) is 25.7 Å². The standard InChI is InChI=1S/C17H17ClN2O2S/c18-14-7-5-12(20-9-1-4-17(20)22)11-15(14)19-16(21)8-6-13-3-2-10-23-13/h2-3,5,7,10-11H,1,4,6,8-9H2,(H,19,21). The molecule has 1 aromatic heterocycles. The van der Waals surface area contributed by atoms with Crippen LogP contribution in [0.4, 0.5) is 11.4 Å². The summed E-state index contributed by atoms with van der Waals surface area (Å²) in [5, 5.41) is 5.32. The number of hydrogen-bond acceptors (Lipinski definition) is 3. The van der Waals surface area contributed by atoms with Gasteiger partial charge in [-0.1, -0.05) is 17.7 Å². The Morgan fingerprint density at radius 3 is 2.91 bits per heavy atom. The second-order valence-corrected chi connectivity index (χ2v) is 6.88. The minimum Gasteiger partial charge on any atom is -0.325 e. The number of anilines is 2. The van der Waals surface area contributed by atoms with Gasteiger partial charge < -0.3 is 10.2 Å². The highest BCUT2D eigenvalue weighted by Crippen LogP contribution is 2.30. The van der Waals surface area contributed by atoms with E-state index < -0.39 is 0 Å². The SMILES string of the molecule is O=C(CCc1cccs1)Nc1cc(N2CCCC2=O)ccc1Cl. The van der Waals surface area contributed by atoms with Gasteiger partial charge in [0, 0.05) is 30.0 Å². The molecule has 120 valence electrons. The summed E-state index contributed by atoms with van der Waals surface area (Å²) in [4.78, 5) is 26.9. The number of carbonyl (C=O) groups is 2. The predicted octanol–water partition coefficient (Wildman–Crippen LogP) is 4.10. The van der Waals surface area contributed by atoms with Crippen LogP contribution in [-0.4, -0.2) is 18.4 Å². The van der Waals surface area contributed by atoms with Gasteiger partial charge in [-0.2, -0.15) is 0 Å². The van der Waals surface area contributed by atoms with Crippen LogP contribution in [0.15, 0.2) is 35.7 Å². The molecule has 2 aromatic rings. The molecule has 0 bridgehead atoms. The van der Waals surface area contributed by atoms with E-state index in [9.17, 15) is 9.59 Å². The summed E-state index contributed by atoms with van der Waals surface area (Å²) in [7, 11) is 0. The monoisotopic (exact) mass is 348 g/mol. The highest BCUT2D eigenvalue weighted by Gasteiger charge is 2.22. The average Bonchev–Trinajstić information content (AvgIpc) is 3.19. The Labute approximate surface area is 144 Å². The fourth-order valence-electron chi connectivity index (χ4n) is 2.60. The first-order valence-electron chi connectivity index (χ1n) is 7.55. The van der Waals surface area contributed by atoms with Gasteiger partial charge in [0.25, 0.3) is 0 Å². The Morgan fingerprint density at radius 2 is 2.22 bits per heavy atom. The summed E-state index contributed by atoms with van der Waals surface area (Å²) in [6.07, 6.45) is 2.56. The quantitative estimate of drug-likeness (QED) is 0.884. The van der Waals surface area contributed by atoms with Crippen molar-refractivity contribution in [1.29, 1.82) is 0 Å². The van der Waals surface area contributed by atoms with Gasteiger partial charge in [0.1, 0.15) is 0 Å². The second kappa shape index (κ2) is 7.15. The van der Waals surface area contributed by atoms with Crippen LogP contribution in [0.5, 0.6) is 0 Å². The summed E-state index contributed by atoms with van der Waals surface area (Å²) < 4.78 is 0. The molecule has 1 aromatic carbocycles. The molecule has 3 rings (SSSR count). The number of carbonyl (C=O) groups excluding carboxylic acids is 2. The zero-order chi connectivity index (χ0) is 16.2. The Bertz CT molecular complexity index is 715. The molecule has 0 spiro atoms. The lowest BCUT2D eigenvalue weighted by Gasteiger charge is -2.17. The normalized spacial score (nSPS) is 14.3. The van der Waals surface area contributed by atoms with Crippen LogP contribution in [0.2, 0.25) is 5.02 Å². The first kappa shape index (κ1) is 16.0. The van der Waals surface area contributed by atoms with Crippen molar-refractivity contribution >= 4 is 46.1 Å². The van der Waals surface area contributed by atoms with Crippen molar-refractivity contribution in [3.05, 3.63) is 45.6 Å². The summed E-state index contributed by atoms with van der Waals surface area (Å²) >= 11 is 7.81. The van der Waals surface area contributed by atoms with Crippen LogP contribution >= 0.6 is 22.9 Å². The van der Waals surface area contributed by atoms with E-state index in [4.69, 9.17) is 11.6 Å². The van der Waals surface area contributed by atoms with Gasteiger partial charge in [-0.05, 0) is 42.5 Å². The van der Waals surface area contributed by atoms with Crippen molar-refractivity contribution in [3.63, 3.8) is 0 Å². The number of rotatable bonds is 5. The van der Waals surface area contributed by atoms with Gasteiger partial charge >= 0.3 is 0 Å². The number of nitrogens with one attached hydrogen (secondary N) is 1. The molecule has 0 atom stereocenters. The summed E-state index contributed by atoms with van der Waals surface area (Å²) in [5.74, 6) is 0.0347. The fourth-order valence-corrected chi connectivity index (χ4v) is 3.48.